The molecular weight excluding hydrogens is 408 g/mol. The first-order valence-corrected chi connectivity index (χ1v) is 10.6. The number of carbonyl (C=O) groups excluding carboxylic acids is 2. The first kappa shape index (κ1) is 21.5. The molecule has 0 aliphatic rings. The number of nitrogens with one attached hydrogen (secondary N) is 2. The van der Waals surface area contributed by atoms with Gasteiger partial charge in [-0.1, -0.05) is 18.2 Å². The van der Waals surface area contributed by atoms with Gasteiger partial charge in [-0.2, -0.15) is 4.72 Å². The van der Waals surface area contributed by atoms with Crippen LogP contribution in [0.2, 0.25) is 0 Å². The van der Waals surface area contributed by atoms with E-state index < -0.39 is 28.6 Å². The Morgan fingerprint density at radius 1 is 1.10 bits per heavy atom. The number of esters is 1. The minimum atomic E-state index is -3.94. The van der Waals surface area contributed by atoms with Crippen LogP contribution in [-0.4, -0.2) is 44.9 Å². The van der Waals surface area contributed by atoms with Gasteiger partial charge in [-0.3, -0.25) is 9.59 Å². The fraction of sp³-hybridized carbons (Fsp3) is 0.238. The maximum absolute atomic E-state index is 12.6. The average Bonchev–Trinajstić information content (AvgIpc) is 3.07. The van der Waals surface area contributed by atoms with Gasteiger partial charge in [-0.15, -0.1) is 0 Å². The molecule has 0 amide bonds. The van der Waals surface area contributed by atoms with E-state index in [4.69, 9.17) is 9.47 Å². The molecule has 9 heteroatoms. The summed E-state index contributed by atoms with van der Waals surface area (Å²) in [6.45, 7) is 2.63. The maximum atomic E-state index is 12.6. The zero-order chi connectivity index (χ0) is 21.9. The largest absolute Gasteiger partial charge is 0.497 e. The van der Waals surface area contributed by atoms with Gasteiger partial charge >= 0.3 is 5.97 Å². The Morgan fingerprint density at radius 3 is 2.43 bits per heavy atom. The number of rotatable bonds is 8. The molecule has 0 bridgehead atoms. The molecule has 2 N–H and O–H groups in total. The van der Waals surface area contributed by atoms with Crippen molar-refractivity contribution in [3.8, 4) is 5.75 Å². The Balaban J connectivity index is 1.63. The topological polar surface area (TPSA) is 115 Å². The number of hydrogen-bond acceptors (Lipinski definition) is 6. The summed E-state index contributed by atoms with van der Waals surface area (Å²) in [5.41, 5.74) is 1.93. The van der Waals surface area contributed by atoms with Crippen LogP contribution in [0.5, 0.6) is 5.75 Å². The Morgan fingerprint density at radius 2 is 1.77 bits per heavy atom. The molecule has 1 unspecified atom stereocenters. The molecule has 0 aliphatic heterocycles. The van der Waals surface area contributed by atoms with Gasteiger partial charge in [-0.05, 0) is 44.2 Å². The lowest BCUT2D eigenvalue weighted by Gasteiger charge is -2.14. The minimum Gasteiger partial charge on any atom is -0.497 e. The van der Waals surface area contributed by atoms with Crippen LogP contribution in [-0.2, 0) is 19.6 Å². The molecular formula is C21H22N2O6S. The summed E-state index contributed by atoms with van der Waals surface area (Å²) < 4.78 is 37.2. The van der Waals surface area contributed by atoms with E-state index in [1.165, 1.54) is 38.3 Å². The molecule has 0 fully saturated rings. The van der Waals surface area contributed by atoms with Crippen LogP contribution in [0.15, 0.2) is 53.4 Å². The third-order valence-corrected chi connectivity index (χ3v) is 6.13. The van der Waals surface area contributed by atoms with E-state index in [2.05, 4.69) is 9.71 Å². The number of methoxy groups -OCH3 is 1. The molecule has 0 radical (unpaired) electrons. The molecule has 3 aromatic rings. The quantitative estimate of drug-likeness (QED) is 0.419. The number of carbonyl (C=O) groups is 2. The molecule has 8 nitrogen and oxygen atoms in total. The number of H-pyrrole nitrogens is 1. The lowest BCUT2D eigenvalue weighted by Crippen LogP contribution is -2.40. The second kappa shape index (κ2) is 8.68. The van der Waals surface area contributed by atoms with Crippen LogP contribution in [0.3, 0.4) is 0 Å². The van der Waals surface area contributed by atoms with Gasteiger partial charge in [0.25, 0.3) is 0 Å². The van der Waals surface area contributed by atoms with Gasteiger partial charge < -0.3 is 14.5 Å². The lowest BCUT2D eigenvalue weighted by atomic mass is 10.1. The zero-order valence-electron chi connectivity index (χ0n) is 16.8. The van der Waals surface area contributed by atoms with Crippen molar-refractivity contribution in [3.05, 3.63) is 59.8 Å². The number of Topliss-reactive ketones (excluding diaryl/α,β-unsaturated/α-hetero) is 1. The summed E-state index contributed by atoms with van der Waals surface area (Å²) in [6, 6.07) is 11.9. The summed E-state index contributed by atoms with van der Waals surface area (Å²) in [5.74, 6) is -0.714. The summed E-state index contributed by atoms with van der Waals surface area (Å²) in [7, 11) is -2.47. The van der Waals surface area contributed by atoms with Crippen LogP contribution in [0.25, 0.3) is 10.9 Å². The maximum Gasteiger partial charge on any atom is 0.324 e. The fourth-order valence-corrected chi connectivity index (χ4v) is 4.27. The Kier molecular flexibility index (Phi) is 6.23. The van der Waals surface area contributed by atoms with E-state index in [1.807, 2.05) is 18.2 Å². The van der Waals surface area contributed by atoms with Gasteiger partial charge in [-0.25, -0.2) is 8.42 Å². The van der Waals surface area contributed by atoms with Crippen molar-refractivity contribution in [1.29, 1.82) is 0 Å². The van der Waals surface area contributed by atoms with E-state index in [9.17, 15) is 18.0 Å². The Labute approximate surface area is 174 Å². The van der Waals surface area contributed by atoms with E-state index in [0.717, 1.165) is 10.9 Å². The predicted octanol–water partition coefficient (Wildman–Crippen LogP) is 2.58. The fourth-order valence-electron chi connectivity index (χ4n) is 3.07. The van der Waals surface area contributed by atoms with E-state index in [-0.39, 0.29) is 10.7 Å². The smallest absolute Gasteiger partial charge is 0.324 e. The standard InChI is InChI=1S/C21H22N2O6S/c1-13-20(17-6-4-5-7-18(17)22-13)19(24)12-29-21(25)14(2)23-30(26,27)16-10-8-15(28-3)9-11-16/h4-11,14,22-23H,12H2,1-3H3. The van der Waals surface area contributed by atoms with Crippen LogP contribution in [0, 0.1) is 6.92 Å². The highest BCUT2D eigenvalue weighted by Gasteiger charge is 2.25. The summed E-state index contributed by atoms with van der Waals surface area (Å²) in [4.78, 5) is 27.9. The van der Waals surface area contributed by atoms with Crippen molar-refractivity contribution < 1.29 is 27.5 Å². The van der Waals surface area contributed by atoms with Crippen molar-refractivity contribution in [2.45, 2.75) is 24.8 Å². The number of aryl methyl sites for hydroxylation is 1. The predicted molar refractivity (Wildman–Crippen MR) is 111 cm³/mol. The molecule has 2 aromatic carbocycles. The van der Waals surface area contributed by atoms with E-state index >= 15 is 0 Å². The molecule has 1 aromatic heterocycles. The van der Waals surface area contributed by atoms with Gasteiger partial charge in [0.05, 0.1) is 12.0 Å². The number of sulfonamides is 1. The SMILES string of the molecule is COc1ccc(S(=O)(=O)NC(C)C(=O)OCC(=O)c2c(C)[nH]c3ccccc23)cc1. The molecule has 1 atom stereocenters. The first-order valence-electron chi connectivity index (χ1n) is 9.16. The average molecular weight is 430 g/mol. The summed E-state index contributed by atoms with van der Waals surface area (Å²) >= 11 is 0. The van der Waals surface area contributed by atoms with Crippen molar-refractivity contribution >= 4 is 32.7 Å². The highest BCUT2D eigenvalue weighted by Crippen LogP contribution is 2.22. The number of aromatic amines is 1. The van der Waals surface area contributed by atoms with Gasteiger partial charge in [0.2, 0.25) is 15.8 Å². The highest BCUT2D eigenvalue weighted by molar-refractivity contribution is 7.89. The zero-order valence-corrected chi connectivity index (χ0v) is 17.6. The molecule has 158 valence electrons. The first-order chi connectivity index (χ1) is 14.2. The van der Waals surface area contributed by atoms with E-state index in [1.54, 1.807) is 13.0 Å². The van der Waals surface area contributed by atoms with Crippen molar-refractivity contribution in [1.82, 2.24) is 9.71 Å². The third kappa shape index (κ3) is 4.52. The third-order valence-electron chi connectivity index (χ3n) is 4.57. The molecule has 1 heterocycles. The number of hydrogen-bond donors (Lipinski definition) is 2. The minimum absolute atomic E-state index is 0.0200. The number of fused-ring (bicyclic) bond motifs is 1. The molecule has 0 aliphatic carbocycles. The number of ether oxygens (including phenoxy) is 2. The molecule has 30 heavy (non-hydrogen) atoms. The Hall–Kier alpha value is -3.17. The van der Waals surface area contributed by atoms with Gasteiger partial charge in [0, 0.05) is 22.2 Å². The van der Waals surface area contributed by atoms with Crippen LogP contribution in [0.4, 0.5) is 0 Å². The number of benzene rings is 2. The molecule has 3 rings (SSSR count). The number of aromatic nitrogens is 1. The lowest BCUT2D eigenvalue weighted by molar-refractivity contribution is -0.144. The summed E-state index contributed by atoms with van der Waals surface area (Å²) in [6.07, 6.45) is 0. The normalized spacial score (nSPS) is 12.5. The van der Waals surface area contributed by atoms with Crippen molar-refractivity contribution in [3.63, 3.8) is 0 Å². The second-order valence-electron chi connectivity index (χ2n) is 6.72. The van der Waals surface area contributed by atoms with Crippen LogP contribution in [0.1, 0.15) is 23.0 Å². The number of para-hydroxylation sites is 1. The second-order valence-corrected chi connectivity index (χ2v) is 8.43. The van der Waals surface area contributed by atoms with Crippen molar-refractivity contribution in [2.24, 2.45) is 0 Å². The monoisotopic (exact) mass is 430 g/mol. The van der Waals surface area contributed by atoms with Gasteiger partial charge in [0.1, 0.15) is 11.8 Å². The summed E-state index contributed by atoms with van der Waals surface area (Å²) in [5, 5.41) is 0.740. The number of ketones is 1. The van der Waals surface area contributed by atoms with Gasteiger partial charge in [0.15, 0.2) is 6.61 Å². The Bertz CT molecular complexity index is 1180. The van der Waals surface area contributed by atoms with E-state index in [0.29, 0.717) is 17.0 Å². The molecule has 0 saturated carbocycles. The van der Waals surface area contributed by atoms with Crippen LogP contribution >= 0.6 is 0 Å². The van der Waals surface area contributed by atoms with Crippen LogP contribution < -0.4 is 9.46 Å². The van der Waals surface area contributed by atoms with Crippen molar-refractivity contribution in [2.75, 3.05) is 13.7 Å². The molecule has 0 saturated heterocycles. The highest BCUT2D eigenvalue weighted by atomic mass is 32.2. The molecule has 0 spiro atoms.